The Morgan fingerprint density at radius 1 is 1.21 bits per heavy atom. The van der Waals surface area contributed by atoms with Crippen molar-refractivity contribution in [1.82, 2.24) is 5.32 Å². The number of benzene rings is 1. The van der Waals surface area contributed by atoms with Gasteiger partial charge in [-0.15, -0.1) is 0 Å². The average molecular weight is 534 g/mol. The Morgan fingerprint density at radius 2 is 1.97 bits per heavy atom. The summed E-state index contributed by atoms with van der Waals surface area (Å²) < 4.78 is 42.2. The van der Waals surface area contributed by atoms with Gasteiger partial charge in [0.05, 0.1) is 6.61 Å². The molecule has 6 nitrogen and oxygen atoms in total. The van der Waals surface area contributed by atoms with Gasteiger partial charge in [-0.05, 0) is 36.5 Å². The molecule has 2 aromatic rings. The van der Waals surface area contributed by atoms with Crippen LogP contribution < -0.4 is 19.8 Å². The molecule has 2 atom stereocenters. The second kappa shape index (κ2) is 11.7. The summed E-state index contributed by atoms with van der Waals surface area (Å²) in [7, 11) is 0. The minimum absolute atomic E-state index is 0.0693. The van der Waals surface area contributed by atoms with Gasteiger partial charge in [-0.25, -0.2) is 4.98 Å². The van der Waals surface area contributed by atoms with Crippen LogP contribution in [0.15, 0.2) is 30.6 Å². The number of alkyl halides is 2. The second-order valence-electron chi connectivity index (χ2n) is 8.18. The van der Waals surface area contributed by atoms with Crippen molar-refractivity contribution in [2.45, 2.75) is 38.0 Å². The van der Waals surface area contributed by atoms with Crippen molar-refractivity contribution in [3.05, 3.63) is 51.8 Å². The van der Waals surface area contributed by atoms with Crippen LogP contribution >= 0.6 is 35.0 Å². The van der Waals surface area contributed by atoms with Crippen LogP contribution in [0.4, 0.5) is 8.78 Å². The topological polar surface area (TPSA) is 70.9 Å². The van der Waals surface area contributed by atoms with Crippen LogP contribution in [-0.4, -0.2) is 43.3 Å². The molecule has 0 radical (unpaired) electrons. The third-order valence-corrected chi connectivity index (χ3v) is 7.31. The lowest BCUT2D eigenvalue weighted by molar-refractivity contribution is -0.377. The maximum absolute atomic E-state index is 12.9. The van der Waals surface area contributed by atoms with E-state index in [1.54, 1.807) is 36.3 Å². The van der Waals surface area contributed by atoms with E-state index in [1.807, 2.05) is 0 Å². The highest BCUT2D eigenvalue weighted by Crippen LogP contribution is 2.37. The van der Waals surface area contributed by atoms with Crippen molar-refractivity contribution in [3.8, 4) is 11.5 Å². The molecule has 11 heteroatoms. The highest BCUT2D eigenvalue weighted by Gasteiger charge is 2.29. The molecule has 1 aromatic heterocycles. The molecule has 2 N–H and O–H groups in total. The number of nitrogens with one attached hydrogen (secondary N) is 2. The first-order chi connectivity index (χ1) is 16.4. The molecule has 0 amide bonds. The first-order valence-electron chi connectivity index (χ1n) is 11.0. The van der Waals surface area contributed by atoms with E-state index >= 15 is 0 Å². The van der Waals surface area contributed by atoms with E-state index in [1.165, 1.54) is 6.07 Å². The van der Waals surface area contributed by atoms with Crippen molar-refractivity contribution in [1.29, 1.82) is 0 Å². The van der Waals surface area contributed by atoms with Crippen molar-refractivity contribution >= 4 is 40.9 Å². The summed E-state index contributed by atoms with van der Waals surface area (Å²) in [6, 6.07) is 4.13. The van der Waals surface area contributed by atoms with E-state index in [0.29, 0.717) is 46.0 Å². The van der Waals surface area contributed by atoms with Crippen molar-refractivity contribution in [3.63, 3.8) is 0 Å². The number of H-pyrrole nitrogens is 1. The smallest absolute Gasteiger partial charge is 0.387 e. The number of halogens is 4. The van der Waals surface area contributed by atoms with E-state index in [2.05, 4.69) is 15.0 Å². The zero-order valence-corrected chi connectivity index (χ0v) is 20.5. The molecule has 1 saturated heterocycles. The van der Waals surface area contributed by atoms with Gasteiger partial charge in [0.15, 0.2) is 23.9 Å². The maximum atomic E-state index is 12.9. The van der Waals surface area contributed by atoms with Gasteiger partial charge in [0.25, 0.3) is 0 Å². The van der Waals surface area contributed by atoms with Crippen LogP contribution in [0.5, 0.6) is 11.5 Å². The minimum atomic E-state index is -2.99. The predicted octanol–water partition coefficient (Wildman–Crippen LogP) is 4.73. The largest absolute Gasteiger partial charge is 0.489 e. The van der Waals surface area contributed by atoms with Gasteiger partial charge in [-0.2, -0.15) is 20.5 Å². The number of ether oxygens (including phenoxy) is 3. The Labute approximate surface area is 210 Å². The highest BCUT2D eigenvalue weighted by atomic mass is 35.5. The fourth-order valence-electron chi connectivity index (χ4n) is 3.55. The second-order valence-corrected chi connectivity index (χ2v) is 10.1. The van der Waals surface area contributed by atoms with E-state index < -0.39 is 24.7 Å². The number of hydrogen-bond acceptors (Lipinski definition) is 6. The number of pyridine rings is 1. The van der Waals surface area contributed by atoms with Gasteiger partial charge in [0.2, 0.25) is 0 Å². The van der Waals surface area contributed by atoms with Crippen LogP contribution in [-0.2, 0) is 16.0 Å². The van der Waals surface area contributed by atoms with E-state index in [-0.39, 0.29) is 17.9 Å². The van der Waals surface area contributed by atoms with Crippen molar-refractivity contribution < 1.29 is 32.8 Å². The highest BCUT2D eigenvalue weighted by molar-refractivity contribution is 7.99. The molecule has 1 aromatic carbocycles. The maximum Gasteiger partial charge on any atom is 0.387 e. The monoisotopic (exact) mass is 533 g/mol. The summed E-state index contributed by atoms with van der Waals surface area (Å²) in [4.78, 5) is 15.8. The van der Waals surface area contributed by atoms with Gasteiger partial charge in [-0.3, -0.25) is 4.79 Å². The third kappa shape index (κ3) is 6.87. The Bertz CT molecular complexity index is 987. The lowest BCUT2D eigenvalue weighted by atomic mass is 10.0. The molecule has 2 heterocycles. The summed E-state index contributed by atoms with van der Waals surface area (Å²) in [5.41, 5.74) is 1.16. The summed E-state index contributed by atoms with van der Waals surface area (Å²) in [5, 5.41) is 3.95. The van der Waals surface area contributed by atoms with Crippen LogP contribution in [0.2, 0.25) is 10.0 Å². The summed E-state index contributed by atoms with van der Waals surface area (Å²) in [6.45, 7) is -1.88. The number of thioether (sulfide) groups is 1. The van der Waals surface area contributed by atoms with E-state index in [4.69, 9.17) is 32.7 Å². The predicted molar refractivity (Wildman–Crippen MR) is 126 cm³/mol. The first kappa shape index (κ1) is 25.3. The number of esters is 1. The molecule has 1 unspecified atom stereocenters. The molecule has 34 heavy (non-hydrogen) atoms. The lowest BCUT2D eigenvalue weighted by Gasteiger charge is -2.26. The summed E-state index contributed by atoms with van der Waals surface area (Å²) in [5.74, 6) is 1.64. The number of rotatable bonds is 10. The number of carbonyl (C=O) groups excluding carboxylic acids is 1. The fourth-order valence-corrected chi connectivity index (χ4v) is 5.00. The Morgan fingerprint density at radius 3 is 2.62 bits per heavy atom. The van der Waals surface area contributed by atoms with Crippen LogP contribution in [0.3, 0.4) is 0 Å². The van der Waals surface area contributed by atoms with Crippen molar-refractivity contribution in [2.75, 3.05) is 24.7 Å². The van der Waals surface area contributed by atoms with Crippen LogP contribution in [0, 0.1) is 5.92 Å². The fraction of sp³-hybridized carbons (Fsp3) is 0.478. The number of hydrogen-bond donors (Lipinski definition) is 1. The molecule has 1 saturated carbocycles. The number of aromatic amines is 1. The van der Waals surface area contributed by atoms with Gasteiger partial charge in [0, 0.05) is 30.0 Å². The first-order valence-corrected chi connectivity index (χ1v) is 12.9. The molecule has 2 aliphatic rings. The van der Waals surface area contributed by atoms with E-state index in [0.717, 1.165) is 18.6 Å². The Kier molecular flexibility index (Phi) is 8.74. The lowest BCUT2D eigenvalue weighted by Crippen LogP contribution is -2.44. The molecule has 184 valence electrons. The number of aromatic nitrogens is 1. The van der Waals surface area contributed by atoms with Crippen LogP contribution in [0.25, 0.3) is 0 Å². The minimum Gasteiger partial charge on any atom is -0.489 e. The zero-order chi connectivity index (χ0) is 24.1. The standard InChI is InChI=1S/C23H24Cl2F2N2O4S/c24-16-9-28-10-17(25)15(16)8-20(32-22(30)18-12-34-6-5-29-18)14-3-4-19(33-23(26)27)21(7-14)31-11-13-1-2-13/h3-4,7,9-10,13,18,20,23,29H,1-2,5-6,8,11-12H2/p+1/t18?,20-/m0/s1. The quantitative estimate of drug-likeness (QED) is 0.445. The summed E-state index contributed by atoms with van der Waals surface area (Å²) in [6.07, 6.45) is 4.67. The van der Waals surface area contributed by atoms with Gasteiger partial charge >= 0.3 is 12.6 Å². The molecule has 1 aliphatic heterocycles. The van der Waals surface area contributed by atoms with E-state index in [9.17, 15) is 13.6 Å². The SMILES string of the molecule is O=C(O[C@@H](Cc1c(Cl)c[nH+]cc1Cl)c1ccc(OC(F)F)c(OCC2CC2)c1)C1CSCCN1. The Balaban J connectivity index is 1.63. The van der Waals surface area contributed by atoms with Crippen molar-refractivity contribution in [2.24, 2.45) is 5.92 Å². The number of carbonyl (C=O) groups is 1. The molecule has 2 fully saturated rings. The molecule has 0 bridgehead atoms. The average Bonchev–Trinajstić information content (AvgIpc) is 3.65. The zero-order valence-electron chi connectivity index (χ0n) is 18.2. The summed E-state index contributed by atoms with van der Waals surface area (Å²) >= 11 is 14.4. The molecule has 0 spiro atoms. The van der Waals surface area contributed by atoms with Gasteiger partial charge < -0.3 is 19.5 Å². The van der Waals surface area contributed by atoms with Crippen LogP contribution in [0.1, 0.15) is 30.1 Å². The molecular formula is C23H25Cl2F2N2O4S+. The normalized spacial score (nSPS) is 19.0. The molecule has 1 aliphatic carbocycles. The van der Waals surface area contributed by atoms with Gasteiger partial charge in [-0.1, -0.05) is 29.3 Å². The van der Waals surface area contributed by atoms with Gasteiger partial charge in [0.1, 0.15) is 22.2 Å². The molecular weight excluding hydrogens is 509 g/mol. The Hall–Kier alpha value is -1.81. The molecule has 4 rings (SSSR count). The third-order valence-electron chi connectivity index (χ3n) is 5.58.